The molecule has 0 spiro atoms. The van der Waals surface area contributed by atoms with Crippen molar-refractivity contribution in [3.63, 3.8) is 0 Å². The molecular formula is C18H17Cl2N3OS. The second-order valence-corrected chi connectivity index (χ2v) is 6.79. The van der Waals surface area contributed by atoms with E-state index in [1.165, 1.54) is 0 Å². The Balaban J connectivity index is 1.96. The number of benzene rings is 2. The summed E-state index contributed by atoms with van der Waals surface area (Å²) < 4.78 is 5.23. The molecule has 0 bridgehead atoms. The molecule has 130 valence electrons. The highest BCUT2D eigenvalue weighted by atomic mass is 35.5. The van der Waals surface area contributed by atoms with E-state index in [1.807, 2.05) is 41.4 Å². The highest BCUT2D eigenvalue weighted by Crippen LogP contribution is 2.35. The highest BCUT2D eigenvalue weighted by molar-refractivity contribution is 7.80. The molecule has 0 radical (unpaired) electrons. The SMILES string of the molecule is CNC(=S)N1N=C(c2ccc(Cl)cc2Cl)CC1c1ccc(OC)cc1. The molecule has 2 aromatic rings. The molecule has 2 aromatic carbocycles. The van der Waals surface area contributed by atoms with Crippen molar-refractivity contribution in [1.29, 1.82) is 0 Å². The molecule has 3 rings (SSSR count). The Hall–Kier alpha value is -1.82. The average Bonchev–Trinajstić information content (AvgIpc) is 3.06. The summed E-state index contributed by atoms with van der Waals surface area (Å²) in [6.07, 6.45) is 0.690. The molecule has 0 amide bonds. The Kier molecular flexibility index (Phi) is 5.47. The maximum Gasteiger partial charge on any atom is 0.189 e. The maximum absolute atomic E-state index is 6.36. The van der Waals surface area contributed by atoms with Gasteiger partial charge in [0.05, 0.1) is 23.9 Å². The van der Waals surface area contributed by atoms with Crippen molar-refractivity contribution < 1.29 is 4.74 Å². The fraction of sp³-hybridized carbons (Fsp3) is 0.222. The minimum absolute atomic E-state index is 0.00685. The number of nitrogens with one attached hydrogen (secondary N) is 1. The first-order valence-corrected chi connectivity index (χ1v) is 8.87. The van der Waals surface area contributed by atoms with Crippen LogP contribution in [0.2, 0.25) is 10.0 Å². The molecule has 0 saturated carbocycles. The summed E-state index contributed by atoms with van der Waals surface area (Å²) in [5, 5.41) is 11.3. The largest absolute Gasteiger partial charge is 0.497 e. The summed E-state index contributed by atoms with van der Waals surface area (Å²) in [6.45, 7) is 0. The van der Waals surface area contributed by atoms with Crippen LogP contribution in [0.4, 0.5) is 0 Å². The van der Waals surface area contributed by atoms with Gasteiger partial charge in [0.25, 0.3) is 0 Å². The van der Waals surface area contributed by atoms with E-state index < -0.39 is 0 Å². The average molecular weight is 394 g/mol. The van der Waals surface area contributed by atoms with Crippen molar-refractivity contribution in [3.8, 4) is 5.75 Å². The zero-order chi connectivity index (χ0) is 18.0. The van der Waals surface area contributed by atoms with Crippen LogP contribution in [0.5, 0.6) is 5.75 Å². The van der Waals surface area contributed by atoms with Crippen LogP contribution < -0.4 is 10.1 Å². The minimum atomic E-state index is -0.00685. The van der Waals surface area contributed by atoms with E-state index >= 15 is 0 Å². The molecule has 25 heavy (non-hydrogen) atoms. The predicted molar refractivity (Wildman–Crippen MR) is 107 cm³/mol. The van der Waals surface area contributed by atoms with Gasteiger partial charge in [-0.25, -0.2) is 5.01 Å². The molecular weight excluding hydrogens is 377 g/mol. The Bertz CT molecular complexity index is 824. The summed E-state index contributed by atoms with van der Waals surface area (Å²) in [5.74, 6) is 0.811. The van der Waals surface area contributed by atoms with E-state index in [1.54, 1.807) is 20.2 Å². The van der Waals surface area contributed by atoms with E-state index in [9.17, 15) is 0 Å². The summed E-state index contributed by atoms with van der Waals surface area (Å²) in [7, 11) is 3.44. The normalized spacial score (nSPS) is 16.6. The number of rotatable bonds is 3. The monoisotopic (exact) mass is 393 g/mol. The van der Waals surface area contributed by atoms with E-state index in [-0.39, 0.29) is 6.04 Å². The van der Waals surface area contributed by atoms with Gasteiger partial charge >= 0.3 is 0 Å². The molecule has 0 saturated heterocycles. The van der Waals surface area contributed by atoms with Gasteiger partial charge in [-0.1, -0.05) is 41.4 Å². The zero-order valence-corrected chi connectivity index (χ0v) is 16.1. The lowest BCUT2D eigenvalue weighted by Gasteiger charge is -2.23. The molecule has 1 aliphatic heterocycles. The molecule has 1 heterocycles. The van der Waals surface area contributed by atoms with Crippen molar-refractivity contribution in [1.82, 2.24) is 10.3 Å². The van der Waals surface area contributed by atoms with E-state index in [0.29, 0.717) is 21.6 Å². The van der Waals surface area contributed by atoms with Crippen LogP contribution in [0.1, 0.15) is 23.6 Å². The van der Waals surface area contributed by atoms with Gasteiger partial charge in [-0.2, -0.15) is 5.10 Å². The van der Waals surface area contributed by atoms with Gasteiger partial charge in [0, 0.05) is 24.1 Å². The standard InChI is InChI=1S/C18H17Cl2N3OS/c1-21-18(25)23-17(11-3-6-13(24-2)7-4-11)10-16(22-23)14-8-5-12(19)9-15(14)20/h3-9,17H,10H2,1-2H3,(H,21,25). The van der Waals surface area contributed by atoms with E-state index in [2.05, 4.69) is 5.32 Å². The van der Waals surface area contributed by atoms with Crippen molar-refractivity contribution in [3.05, 3.63) is 63.6 Å². The zero-order valence-electron chi connectivity index (χ0n) is 13.8. The van der Waals surface area contributed by atoms with Crippen molar-refractivity contribution in [2.45, 2.75) is 12.5 Å². The number of thiocarbonyl (C=S) groups is 1. The lowest BCUT2D eigenvalue weighted by molar-refractivity contribution is 0.365. The quantitative estimate of drug-likeness (QED) is 0.769. The van der Waals surface area contributed by atoms with E-state index in [4.69, 9.17) is 45.3 Å². The number of nitrogens with zero attached hydrogens (tertiary/aromatic N) is 2. The molecule has 4 nitrogen and oxygen atoms in total. The first-order valence-electron chi connectivity index (χ1n) is 7.71. The number of hydrazone groups is 1. The van der Waals surface area contributed by atoms with Crippen molar-refractivity contribution in [2.24, 2.45) is 5.10 Å². The second-order valence-electron chi connectivity index (χ2n) is 5.56. The summed E-state index contributed by atoms with van der Waals surface area (Å²) >= 11 is 17.8. The molecule has 0 aromatic heterocycles. The molecule has 7 heteroatoms. The van der Waals surface area contributed by atoms with Crippen LogP contribution in [0, 0.1) is 0 Å². The van der Waals surface area contributed by atoms with Gasteiger partial charge in [0.2, 0.25) is 0 Å². The number of hydrogen-bond donors (Lipinski definition) is 1. The lowest BCUT2D eigenvalue weighted by atomic mass is 9.98. The predicted octanol–water partition coefficient (Wildman–Crippen LogP) is 4.66. The Morgan fingerprint density at radius 1 is 1.24 bits per heavy atom. The fourth-order valence-corrected chi connectivity index (χ4v) is 3.47. The highest BCUT2D eigenvalue weighted by Gasteiger charge is 2.31. The van der Waals surface area contributed by atoms with Crippen molar-refractivity contribution >= 4 is 46.2 Å². The van der Waals surface area contributed by atoms with Gasteiger partial charge in [0.15, 0.2) is 5.11 Å². The summed E-state index contributed by atoms with van der Waals surface area (Å²) in [4.78, 5) is 0. The minimum Gasteiger partial charge on any atom is -0.497 e. The van der Waals surface area contributed by atoms with Crippen LogP contribution in [0.15, 0.2) is 47.6 Å². The smallest absolute Gasteiger partial charge is 0.189 e. The first kappa shape index (κ1) is 18.0. The number of halogens is 2. The third-order valence-corrected chi connectivity index (χ3v) is 5.01. The topological polar surface area (TPSA) is 36.9 Å². The van der Waals surface area contributed by atoms with Crippen LogP contribution in [-0.2, 0) is 0 Å². The van der Waals surface area contributed by atoms with Gasteiger partial charge in [-0.3, -0.25) is 0 Å². The third kappa shape index (κ3) is 3.73. The molecule has 1 N–H and O–H groups in total. The summed E-state index contributed by atoms with van der Waals surface area (Å²) in [6, 6.07) is 13.3. The van der Waals surface area contributed by atoms with Gasteiger partial charge < -0.3 is 10.1 Å². The van der Waals surface area contributed by atoms with Crippen LogP contribution >= 0.6 is 35.4 Å². The molecule has 0 fully saturated rings. The fourth-order valence-electron chi connectivity index (χ4n) is 2.78. The molecule has 1 aliphatic rings. The van der Waals surface area contributed by atoms with Crippen LogP contribution in [-0.4, -0.2) is 30.0 Å². The van der Waals surface area contributed by atoms with Gasteiger partial charge in [-0.05, 0) is 42.0 Å². The second kappa shape index (κ2) is 7.60. The van der Waals surface area contributed by atoms with Crippen LogP contribution in [0.3, 0.4) is 0 Å². The number of hydrogen-bond acceptors (Lipinski definition) is 3. The lowest BCUT2D eigenvalue weighted by Crippen LogP contribution is -2.34. The molecule has 1 atom stereocenters. The maximum atomic E-state index is 6.36. The van der Waals surface area contributed by atoms with E-state index in [0.717, 1.165) is 22.6 Å². The Morgan fingerprint density at radius 2 is 1.96 bits per heavy atom. The van der Waals surface area contributed by atoms with Gasteiger partial charge in [-0.15, -0.1) is 0 Å². The number of methoxy groups -OCH3 is 1. The van der Waals surface area contributed by atoms with Gasteiger partial charge in [0.1, 0.15) is 5.75 Å². The molecule has 0 aliphatic carbocycles. The summed E-state index contributed by atoms with van der Waals surface area (Å²) in [5.41, 5.74) is 2.84. The van der Waals surface area contributed by atoms with Crippen LogP contribution in [0.25, 0.3) is 0 Å². The first-order chi connectivity index (χ1) is 12.0. The Morgan fingerprint density at radius 3 is 2.56 bits per heavy atom. The molecule has 1 unspecified atom stereocenters. The Labute approximate surface area is 162 Å². The third-order valence-electron chi connectivity index (χ3n) is 4.07. The van der Waals surface area contributed by atoms with Crippen molar-refractivity contribution in [2.75, 3.05) is 14.2 Å². The number of ether oxygens (including phenoxy) is 1.